The van der Waals surface area contributed by atoms with Crippen molar-refractivity contribution in [2.45, 2.75) is 38.1 Å². The van der Waals surface area contributed by atoms with Gasteiger partial charge in [0.05, 0.1) is 7.11 Å². The van der Waals surface area contributed by atoms with Crippen molar-refractivity contribution in [3.63, 3.8) is 0 Å². The molecule has 1 aliphatic rings. The lowest BCUT2D eigenvalue weighted by molar-refractivity contribution is -0.117. The van der Waals surface area contributed by atoms with Crippen LogP contribution in [0.15, 0.2) is 22.2 Å². The van der Waals surface area contributed by atoms with Gasteiger partial charge in [-0.3, -0.25) is 4.79 Å². The fourth-order valence-corrected chi connectivity index (χ4v) is 3.13. The molecule has 0 aliphatic heterocycles. The fourth-order valence-electron chi connectivity index (χ4n) is 2.67. The number of ether oxygens (including phenoxy) is 1. The highest BCUT2D eigenvalue weighted by Gasteiger charge is 2.19. The average molecular weight is 379 g/mol. The lowest BCUT2D eigenvalue weighted by Gasteiger charge is -2.22. The average Bonchev–Trinajstić information content (AvgIpc) is 2.55. The topological polar surface area (TPSA) is 82.3 Å². The summed E-state index contributed by atoms with van der Waals surface area (Å²) in [7, 11) is 1.44. The number of amides is 1. The van der Waals surface area contributed by atoms with Crippen LogP contribution in [0.5, 0.6) is 11.5 Å². The fraction of sp³-hybridized carbons (Fsp3) is 0.412. The Labute approximate surface area is 144 Å². The smallest absolute Gasteiger partial charge is 0.262 e. The van der Waals surface area contributed by atoms with E-state index in [2.05, 4.69) is 21.2 Å². The van der Waals surface area contributed by atoms with Gasteiger partial charge in [-0.15, -0.1) is 0 Å². The summed E-state index contributed by atoms with van der Waals surface area (Å²) in [5, 5.41) is 22.3. The zero-order valence-corrected chi connectivity index (χ0v) is 14.5. The van der Waals surface area contributed by atoms with Crippen LogP contribution >= 0.6 is 15.9 Å². The maximum absolute atomic E-state index is 12.3. The van der Waals surface area contributed by atoms with Crippen LogP contribution in [0.3, 0.4) is 0 Å². The van der Waals surface area contributed by atoms with Crippen molar-refractivity contribution in [2.24, 2.45) is 0 Å². The number of halogens is 1. The number of rotatable bonds is 4. The van der Waals surface area contributed by atoms with E-state index in [0.717, 1.165) is 25.7 Å². The molecule has 0 heterocycles. The summed E-state index contributed by atoms with van der Waals surface area (Å²) < 4.78 is 5.75. The van der Waals surface area contributed by atoms with Crippen LogP contribution < -0.4 is 10.1 Å². The minimum Gasteiger partial charge on any atom is -0.504 e. The van der Waals surface area contributed by atoms with E-state index in [4.69, 9.17) is 4.74 Å². The van der Waals surface area contributed by atoms with Crippen LogP contribution in [0.1, 0.15) is 37.7 Å². The zero-order chi connectivity index (χ0) is 16.8. The van der Waals surface area contributed by atoms with E-state index in [1.165, 1.54) is 19.6 Å². The number of nitriles is 1. The highest BCUT2D eigenvalue weighted by molar-refractivity contribution is 9.10. The maximum atomic E-state index is 12.3. The van der Waals surface area contributed by atoms with Gasteiger partial charge in [0.2, 0.25) is 0 Å². The molecular weight excluding hydrogens is 360 g/mol. The Hall–Kier alpha value is -2.00. The summed E-state index contributed by atoms with van der Waals surface area (Å²) in [4.78, 5) is 12.3. The van der Waals surface area contributed by atoms with Crippen LogP contribution in [-0.4, -0.2) is 24.2 Å². The Balaban J connectivity index is 2.23. The first-order chi connectivity index (χ1) is 11.0. The van der Waals surface area contributed by atoms with E-state index in [0.29, 0.717) is 10.0 Å². The maximum Gasteiger partial charge on any atom is 0.262 e. The standard InChI is InChI=1S/C17H19BrN2O3/c1-23-15-9-13(18)8-11(16(15)21)7-12(10-19)17(22)20-14-5-3-2-4-6-14/h7-9,14,21H,2-6H2,1H3,(H,20,22)/b12-7-. The van der Waals surface area contributed by atoms with Crippen molar-refractivity contribution in [1.29, 1.82) is 5.26 Å². The highest BCUT2D eigenvalue weighted by atomic mass is 79.9. The SMILES string of the molecule is COc1cc(Br)cc(/C=C(/C#N)C(=O)NC2CCCCC2)c1O. The van der Waals surface area contributed by atoms with Gasteiger partial charge in [0, 0.05) is 16.1 Å². The summed E-state index contributed by atoms with van der Waals surface area (Å²) in [6, 6.07) is 5.27. The lowest BCUT2D eigenvalue weighted by Crippen LogP contribution is -2.36. The molecule has 0 bridgehead atoms. The van der Waals surface area contributed by atoms with Crippen molar-refractivity contribution in [1.82, 2.24) is 5.32 Å². The number of benzene rings is 1. The van der Waals surface area contributed by atoms with Gasteiger partial charge < -0.3 is 15.2 Å². The molecule has 23 heavy (non-hydrogen) atoms. The third kappa shape index (κ3) is 4.49. The number of carbonyl (C=O) groups excluding carboxylic acids is 1. The van der Waals surface area contributed by atoms with E-state index >= 15 is 0 Å². The first kappa shape index (κ1) is 17.4. The van der Waals surface area contributed by atoms with E-state index in [1.54, 1.807) is 12.1 Å². The van der Waals surface area contributed by atoms with Crippen molar-refractivity contribution in [3.05, 3.63) is 27.7 Å². The minimum atomic E-state index is -0.405. The Morgan fingerprint density at radius 1 is 1.43 bits per heavy atom. The third-order valence-electron chi connectivity index (χ3n) is 3.89. The summed E-state index contributed by atoms with van der Waals surface area (Å²) in [6.45, 7) is 0. The molecule has 5 nitrogen and oxygen atoms in total. The number of nitrogens with zero attached hydrogens (tertiary/aromatic N) is 1. The summed E-state index contributed by atoms with van der Waals surface area (Å²) in [5.74, 6) is -0.234. The Bertz CT molecular complexity index is 659. The number of nitrogens with one attached hydrogen (secondary N) is 1. The van der Waals surface area contributed by atoms with E-state index in [1.807, 2.05) is 6.07 Å². The Kier molecular flexibility index (Phi) is 6.05. The molecule has 1 aliphatic carbocycles. The van der Waals surface area contributed by atoms with Gasteiger partial charge in [-0.05, 0) is 31.1 Å². The van der Waals surface area contributed by atoms with Crippen LogP contribution in [0.2, 0.25) is 0 Å². The lowest BCUT2D eigenvalue weighted by atomic mass is 9.95. The van der Waals surface area contributed by atoms with Crippen LogP contribution in [0.4, 0.5) is 0 Å². The van der Waals surface area contributed by atoms with Gasteiger partial charge in [-0.2, -0.15) is 5.26 Å². The van der Waals surface area contributed by atoms with Gasteiger partial charge in [0.15, 0.2) is 11.5 Å². The third-order valence-corrected chi connectivity index (χ3v) is 4.35. The first-order valence-electron chi connectivity index (χ1n) is 7.54. The quantitative estimate of drug-likeness (QED) is 0.620. The second-order valence-corrected chi connectivity index (χ2v) is 6.44. The molecule has 1 amide bonds. The molecule has 2 N–H and O–H groups in total. The zero-order valence-electron chi connectivity index (χ0n) is 12.9. The molecule has 1 aromatic rings. The molecule has 0 radical (unpaired) electrons. The minimum absolute atomic E-state index is 0.0361. The molecule has 122 valence electrons. The molecule has 0 spiro atoms. The number of hydrogen-bond acceptors (Lipinski definition) is 4. The van der Waals surface area contributed by atoms with E-state index in [-0.39, 0.29) is 23.1 Å². The summed E-state index contributed by atoms with van der Waals surface area (Å²) in [5.41, 5.74) is 0.317. The number of phenols is 1. The number of methoxy groups -OCH3 is 1. The van der Waals surface area contributed by atoms with E-state index < -0.39 is 5.91 Å². The van der Waals surface area contributed by atoms with E-state index in [9.17, 15) is 15.2 Å². The molecule has 0 aromatic heterocycles. The van der Waals surface area contributed by atoms with Gasteiger partial charge >= 0.3 is 0 Å². The van der Waals surface area contributed by atoms with Crippen molar-refractivity contribution in [3.8, 4) is 17.6 Å². The molecule has 1 aromatic carbocycles. The van der Waals surface area contributed by atoms with Crippen molar-refractivity contribution in [2.75, 3.05) is 7.11 Å². The molecule has 0 unspecified atom stereocenters. The van der Waals surface area contributed by atoms with Crippen molar-refractivity contribution >= 4 is 27.9 Å². The van der Waals surface area contributed by atoms with Gasteiger partial charge in [0.1, 0.15) is 11.6 Å². The number of carbonyl (C=O) groups is 1. The second-order valence-electron chi connectivity index (χ2n) is 5.52. The number of hydrogen-bond donors (Lipinski definition) is 2. The van der Waals surface area contributed by atoms with Gasteiger partial charge in [0.25, 0.3) is 5.91 Å². The van der Waals surface area contributed by atoms with Gasteiger partial charge in [-0.25, -0.2) is 0 Å². The molecular formula is C17H19BrN2O3. The van der Waals surface area contributed by atoms with Crippen LogP contribution in [0, 0.1) is 11.3 Å². The molecule has 1 saturated carbocycles. The van der Waals surface area contributed by atoms with Crippen LogP contribution in [0.25, 0.3) is 6.08 Å². The number of aromatic hydroxyl groups is 1. The highest BCUT2D eigenvalue weighted by Crippen LogP contribution is 2.34. The Morgan fingerprint density at radius 3 is 2.74 bits per heavy atom. The predicted molar refractivity (Wildman–Crippen MR) is 91.0 cm³/mol. The van der Waals surface area contributed by atoms with Crippen LogP contribution in [-0.2, 0) is 4.79 Å². The molecule has 0 saturated heterocycles. The normalized spacial score (nSPS) is 15.8. The predicted octanol–water partition coefficient (Wildman–Crippen LogP) is 3.52. The first-order valence-corrected chi connectivity index (χ1v) is 8.33. The van der Waals surface area contributed by atoms with Crippen molar-refractivity contribution < 1.29 is 14.6 Å². The number of phenolic OH excluding ortho intramolecular Hbond substituents is 1. The summed E-state index contributed by atoms with van der Waals surface area (Å²) >= 11 is 3.31. The van der Waals surface area contributed by atoms with Gasteiger partial charge in [-0.1, -0.05) is 35.2 Å². The molecule has 6 heteroatoms. The molecule has 2 rings (SSSR count). The Morgan fingerprint density at radius 2 is 2.13 bits per heavy atom. The molecule has 0 atom stereocenters. The second kappa shape index (κ2) is 8.02. The largest absolute Gasteiger partial charge is 0.504 e. The molecule has 1 fully saturated rings. The monoisotopic (exact) mass is 378 g/mol. The summed E-state index contributed by atoms with van der Waals surface area (Å²) in [6.07, 6.45) is 6.65.